The minimum Gasteiger partial charge on any atom is -0.393 e. The van der Waals surface area contributed by atoms with Crippen molar-refractivity contribution in [3.8, 4) is 0 Å². The molecular weight excluding hydrogens is 198 g/mol. The van der Waals surface area contributed by atoms with Gasteiger partial charge in [-0.2, -0.15) is 0 Å². The van der Waals surface area contributed by atoms with E-state index in [0.717, 1.165) is 31.6 Å². The van der Waals surface area contributed by atoms with Crippen LogP contribution in [0.1, 0.15) is 65.2 Å². The summed E-state index contributed by atoms with van der Waals surface area (Å²) in [5, 5.41) is 13.1. The summed E-state index contributed by atoms with van der Waals surface area (Å²) in [5.74, 6) is 0.854. The lowest BCUT2D eigenvalue weighted by molar-refractivity contribution is 0.115. The lowest BCUT2D eigenvalue weighted by atomic mass is 9.92. The molecule has 0 bridgehead atoms. The normalized spacial score (nSPS) is 27.9. The molecule has 1 unspecified atom stereocenters. The van der Waals surface area contributed by atoms with E-state index in [0.29, 0.717) is 6.04 Å². The fourth-order valence-electron chi connectivity index (χ4n) is 2.56. The lowest BCUT2D eigenvalue weighted by Crippen LogP contribution is -2.37. The summed E-state index contributed by atoms with van der Waals surface area (Å²) in [6, 6.07) is 0.666. The Morgan fingerprint density at radius 3 is 2.44 bits per heavy atom. The second-order valence-corrected chi connectivity index (χ2v) is 5.33. The van der Waals surface area contributed by atoms with Gasteiger partial charge in [-0.3, -0.25) is 0 Å². The number of aliphatic hydroxyl groups is 1. The van der Waals surface area contributed by atoms with Crippen molar-refractivity contribution in [3.05, 3.63) is 0 Å². The van der Waals surface area contributed by atoms with Crippen LogP contribution in [0.5, 0.6) is 0 Å². The molecule has 2 N–H and O–H groups in total. The highest BCUT2D eigenvalue weighted by Gasteiger charge is 2.19. The summed E-state index contributed by atoms with van der Waals surface area (Å²) in [6.07, 6.45) is 9.61. The van der Waals surface area contributed by atoms with Gasteiger partial charge < -0.3 is 10.4 Å². The van der Waals surface area contributed by atoms with Gasteiger partial charge in [0.15, 0.2) is 0 Å². The van der Waals surface area contributed by atoms with Gasteiger partial charge in [0, 0.05) is 6.04 Å². The fraction of sp³-hybridized carbons (Fsp3) is 1.00. The zero-order chi connectivity index (χ0) is 11.8. The number of aliphatic hydroxyl groups excluding tert-OH is 1. The smallest absolute Gasteiger partial charge is 0.0541 e. The first-order valence-electron chi connectivity index (χ1n) is 7.17. The summed E-state index contributed by atoms with van der Waals surface area (Å²) >= 11 is 0. The number of hydrogen-bond donors (Lipinski definition) is 2. The predicted molar refractivity (Wildman–Crippen MR) is 69.6 cm³/mol. The van der Waals surface area contributed by atoms with Gasteiger partial charge in [0.1, 0.15) is 0 Å². The van der Waals surface area contributed by atoms with Crippen LogP contribution in [0.3, 0.4) is 0 Å². The summed E-state index contributed by atoms with van der Waals surface area (Å²) in [5.41, 5.74) is 0. The van der Waals surface area contributed by atoms with Crippen molar-refractivity contribution >= 4 is 0 Å². The van der Waals surface area contributed by atoms with Gasteiger partial charge in [0.25, 0.3) is 0 Å². The monoisotopic (exact) mass is 227 g/mol. The van der Waals surface area contributed by atoms with Crippen molar-refractivity contribution in [3.63, 3.8) is 0 Å². The Bertz CT molecular complexity index is 159. The zero-order valence-electron chi connectivity index (χ0n) is 11.0. The van der Waals surface area contributed by atoms with Gasteiger partial charge in [0.2, 0.25) is 0 Å². The van der Waals surface area contributed by atoms with Crippen molar-refractivity contribution in [2.75, 3.05) is 6.54 Å². The first-order valence-corrected chi connectivity index (χ1v) is 7.17. The van der Waals surface area contributed by atoms with E-state index in [1.54, 1.807) is 0 Å². The lowest BCUT2D eigenvalue weighted by Gasteiger charge is -2.28. The Kier molecular flexibility index (Phi) is 7.06. The van der Waals surface area contributed by atoms with Gasteiger partial charge in [-0.15, -0.1) is 0 Å². The molecule has 0 saturated heterocycles. The average molecular weight is 227 g/mol. The summed E-state index contributed by atoms with van der Waals surface area (Å²) < 4.78 is 0. The van der Waals surface area contributed by atoms with Crippen LogP contribution >= 0.6 is 0 Å². The Hall–Kier alpha value is -0.0800. The molecule has 96 valence electrons. The molecule has 0 spiro atoms. The third-order valence-corrected chi connectivity index (χ3v) is 3.94. The summed E-state index contributed by atoms with van der Waals surface area (Å²) in [4.78, 5) is 0. The third kappa shape index (κ3) is 5.31. The second kappa shape index (κ2) is 8.08. The molecule has 0 aromatic heterocycles. The molecule has 1 fully saturated rings. The molecule has 1 saturated carbocycles. The highest BCUT2D eigenvalue weighted by molar-refractivity contribution is 4.77. The minimum atomic E-state index is -0.0277. The topological polar surface area (TPSA) is 32.3 Å². The molecular formula is C14H29NO. The quantitative estimate of drug-likeness (QED) is 0.700. The molecule has 2 nitrogen and oxygen atoms in total. The molecule has 0 heterocycles. The maximum Gasteiger partial charge on any atom is 0.0541 e. The van der Waals surface area contributed by atoms with E-state index in [-0.39, 0.29) is 6.10 Å². The first-order chi connectivity index (χ1) is 7.76. The first kappa shape index (κ1) is 14.0. The molecule has 1 rings (SSSR count). The highest BCUT2D eigenvalue weighted by Crippen LogP contribution is 2.19. The Morgan fingerprint density at radius 2 is 1.88 bits per heavy atom. The van der Waals surface area contributed by atoms with E-state index < -0.39 is 0 Å². The third-order valence-electron chi connectivity index (χ3n) is 3.94. The minimum absolute atomic E-state index is 0.0277. The van der Waals surface area contributed by atoms with Gasteiger partial charge in [-0.25, -0.2) is 0 Å². The van der Waals surface area contributed by atoms with Crippen LogP contribution in [0.4, 0.5) is 0 Å². The van der Waals surface area contributed by atoms with Crippen molar-refractivity contribution < 1.29 is 5.11 Å². The number of hydrogen-bond acceptors (Lipinski definition) is 2. The van der Waals surface area contributed by atoms with Crippen molar-refractivity contribution in [1.29, 1.82) is 0 Å². The Balaban J connectivity index is 2.11. The van der Waals surface area contributed by atoms with E-state index in [4.69, 9.17) is 0 Å². The molecule has 1 aliphatic carbocycles. The standard InChI is InChI=1S/C14H29NO/c1-3-5-6-12(4-2)11-15-13-7-9-14(16)10-8-13/h12-16H,3-11H2,1-2H3. The zero-order valence-corrected chi connectivity index (χ0v) is 11.0. The predicted octanol–water partition coefficient (Wildman–Crippen LogP) is 3.10. The van der Waals surface area contributed by atoms with Crippen LogP contribution in [0, 0.1) is 5.92 Å². The van der Waals surface area contributed by atoms with Gasteiger partial charge in [-0.1, -0.05) is 33.1 Å². The largest absolute Gasteiger partial charge is 0.393 e. The Labute approximate surface area is 101 Å². The van der Waals surface area contributed by atoms with Crippen LogP contribution in [0.2, 0.25) is 0 Å². The Morgan fingerprint density at radius 1 is 1.19 bits per heavy atom. The maximum atomic E-state index is 9.44. The molecule has 0 radical (unpaired) electrons. The molecule has 1 aliphatic rings. The molecule has 0 aromatic rings. The highest BCUT2D eigenvalue weighted by atomic mass is 16.3. The molecule has 2 heteroatoms. The molecule has 0 amide bonds. The summed E-state index contributed by atoms with van der Waals surface area (Å²) in [6.45, 7) is 5.74. The van der Waals surface area contributed by atoms with Crippen molar-refractivity contribution in [2.24, 2.45) is 5.92 Å². The van der Waals surface area contributed by atoms with E-state index in [1.165, 1.54) is 32.2 Å². The van der Waals surface area contributed by atoms with Gasteiger partial charge >= 0.3 is 0 Å². The van der Waals surface area contributed by atoms with Crippen LogP contribution in [0.15, 0.2) is 0 Å². The van der Waals surface area contributed by atoms with Crippen LogP contribution in [-0.2, 0) is 0 Å². The molecule has 0 aromatic carbocycles. The summed E-state index contributed by atoms with van der Waals surface area (Å²) in [7, 11) is 0. The molecule has 1 atom stereocenters. The van der Waals surface area contributed by atoms with Crippen LogP contribution < -0.4 is 5.32 Å². The number of rotatable bonds is 7. The van der Waals surface area contributed by atoms with Crippen LogP contribution in [-0.4, -0.2) is 23.8 Å². The molecule has 0 aliphatic heterocycles. The fourth-order valence-corrected chi connectivity index (χ4v) is 2.56. The molecule has 16 heavy (non-hydrogen) atoms. The van der Waals surface area contributed by atoms with E-state index >= 15 is 0 Å². The van der Waals surface area contributed by atoms with Crippen molar-refractivity contribution in [1.82, 2.24) is 5.32 Å². The maximum absolute atomic E-state index is 9.44. The SMILES string of the molecule is CCCCC(CC)CNC1CCC(O)CC1. The van der Waals surface area contributed by atoms with Crippen LogP contribution in [0.25, 0.3) is 0 Å². The van der Waals surface area contributed by atoms with Crippen molar-refractivity contribution in [2.45, 2.75) is 77.4 Å². The van der Waals surface area contributed by atoms with Gasteiger partial charge in [0.05, 0.1) is 6.10 Å². The van der Waals surface area contributed by atoms with Gasteiger partial charge in [-0.05, 0) is 44.6 Å². The average Bonchev–Trinajstić information content (AvgIpc) is 2.32. The number of unbranched alkanes of at least 4 members (excludes halogenated alkanes) is 1. The van der Waals surface area contributed by atoms with E-state index in [1.807, 2.05) is 0 Å². The van der Waals surface area contributed by atoms with E-state index in [2.05, 4.69) is 19.2 Å². The second-order valence-electron chi connectivity index (χ2n) is 5.33. The van der Waals surface area contributed by atoms with E-state index in [9.17, 15) is 5.11 Å². The number of nitrogens with one attached hydrogen (secondary N) is 1.